The Morgan fingerprint density at radius 3 is 2.64 bits per heavy atom. The van der Waals surface area contributed by atoms with Crippen molar-refractivity contribution in [2.45, 2.75) is 6.61 Å². The molecule has 0 bridgehead atoms. The Morgan fingerprint density at radius 2 is 2.00 bits per heavy atom. The quantitative estimate of drug-likeness (QED) is 0.602. The molecule has 0 fully saturated rings. The molecule has 0 spiro atoms. The molecular weight excluding hydrogens is 284 g/mol. The van der Waals surface area contributed by atoms with E-state index in [2.05, 4.69) is 9.97 Å². The molecule has 2 rings (SSSR count). The highest BCUT2D eigenvalue weighted by Gasteiger charge is 2.22. The third-order valence-electron chi connectivity index (χ3n) is 2.75. The number of hydrogen-bond donors (Lipinski definition) is 0. The van der Waals surface area contributed by atoms with Crippen molar-refractivity contribution < 1.29 is 9.66 Å². The van der Waals surface area contributed by atoms with Crippen LogP contribution >= 0.6 is 0 Å². The molecule has 0 aliphatic rings. The number of ether oxygens (including phenoxy) is 1. The van der Waals surface area contributed by atoms with Crippen LogP contribution in [-0.2, 0) is 6.61 Å². The van der Waals surface area contributed by atoms with E-state index >= 15 is 0 Å². The zero-order valence-electron chi connectivity index (χ0n) is 12.3. The zero-order chi connectivity index (χ0) is 15.9. The molecule has 0 saturated carbocycles. The highest BCUT2D eigenvalue weighted by Crippen LogP contribution is 2.28. The lowest BCUT2D eigenvalue weighted by Gasteiger charge is -2.07. The molecule has 0 amide bonds. The molecule has 0 saturated heterocycles. The Labute approximate surface area is 128 Å². The predicted molar refractivity (Wildman–Crippen MR) is 82.2 cm³/mol. The minimum absolute atomic E-state index is 0.0396. The monoisotopic (exact) mass is 300 g/mol. The summed E-state index contributed by atoms with van der Waals surface area (Å²) in [6.45, 7) is 0.204. The molecule has 0 radical (unpaired) electrons. The van der Waals surface area contributed by atoms with E-state index in [0.717, 1.165) is 5.56 Å². The Hall–Kier alpha value is -2.96. The molecule has 2 aromatic rings. The fraction of sp³-hybridized carbons (Fsp3) is 0.200. The first-order valence-corrected chi connectivity index (χ1v) is 6.58. The number of hydrogen-bond acceptors (Lipinski definition) is 6. The van der Waals surface area contributed by atoms with Gasteiger partial charge in [-0.3, -0.25) is 10.1 Å². The van der Waals surface area contributed by atoms with Crippen LogP contribution in [0.3, 0.4) is 0 Å². The standard InChI is InChI=1S/C15H16N4O3/c1-18(2)9-8-13-14(19(20)21)15(17-11-16-13)22-10-12-6-4-3-5-7-12/h3-9,11H,10H2,1-2H3. The first-order chi connectivity index (χ1) is 10.6. The van der Waals surface area contributed by atoms with Gasteiger partial charge in [-0.05, 0) is 11.6 Å². The van der Waals surface area contributed by atoms with Gasteiger partial charge >= 0.3 is 5.69 Å². The van der Waals surface area contributed by atoms with Gasteiger partial charge in [-0.1, -0.05) is 30.3 Å². The second kappa shape index (κ2) is 7.16. The van der Waals surface area contributed by atoms with Gasteiger partial charge in [-0.25, -0.2) is 4.98 Å². The summed E-state index contributed by atoms with van der Waals surface area (Å²) in [5.74, 6) is -0.0396. The van der Waals surface area contributed by atoms with Crippen LogP contribution in [0.1, 0.15) is 11.3 Å². The number of rotatable bonds is 6. The van der Waals surface area contributed by atoms with Crippen LogP contribution in [0.4, 0.5) is 5.69 Å². The molecule has 0 unspecified atom stereocenters. The van der Waals surface area contributed by atoms with Crippen LogP contribution < -0.4 is 4.74 Å². The van der Waals surface area contributed by atoms with Gasteiger partial charge in [0.2, 0.25) is 0 Å². The zero-order valence-corrected chi connectivity index (χ0v) is 12.3. The first kappa shape index (κ1) is 15.4. The highest BCUT2D eigenvalue weighted by molar-refractivity contribution is 5.60. The topological polar surface area (TPSA) is 81.4 Å². The van der Waals surface area contributed by atoms with E-state index < -0.39 is 4.92 Å². The molecule has 0 aliphatic carbocycles. The lowest BCUT2D eigenvalue weighted by Crippen LogP contribution is -2.05. The largest absolute Gasteiger partial charge is 0.468 e. The number of nitrogens with zero attached hydrogens (tertiary/aromatic N) is 4. The van der Waals surface area contributed by atoms with E-state index in [4.69, 9.17) is 4.74 Å². The summed E-state index contributed by atoms with van der Waals surface area (Å²) in [5.41, 5.74) is 0.870. The lowest BCUT2D eigenvalue weighted by atomic mass is 10.2. The summed E-state index contributed by atoms with van der Waals surface area (Å²) >= 11 is 0. The van der Waals surface area contributed by atoms with Crippen molar-refractivity contribution in [3.63, 3.8) is 0 Å². The van der Waals surface area contributed by atoms with Crippen molar-refractivity contribution in [3.8, 4) is 5.88 Å². The smallest absolute Gasteiger partial charge is 0.356 e. The van der Waals surface area contributed by atoms with Crippen molar-refractivity contribution in [3.05, 3.63) is 64.2 Å². The van der Waals surface area contributed by atoms with Gasteiger partial charge in [-0.2, -0.15) is 4.98 Å². The minimum atomic E-state index is -0.532. The summed E-state index contributed by atoms with van der Waals surface area (Å²) in [7, 11) is 3.63. The molecule has 1 aromatic heterocycles. The maximum Gasteiger partial charge on any atom is 0.356 e. The van der Waals surface area contributed by atoms with Gasteiger partial charge in [0.15, 0.2) is 0 Å². The van der Waals surface area contributed by atoms with Crippen LogP contribution in [-0.4, -0.2) is 33.9 Å². The number of nitro groups is 1. The molecule has 1 heterocycles. The van der Waals surface area contributed by atoms with Crippen LogP contribution in [0.25, 0.3) is 6.08 Å². The Morgan fingerprint density at radius 1 is 1.27 bits per heavy atom. The van der Waals surface area contributed by atoms with Crippen LogP contribution in [0.15, 0.2) is 42.9 Å². The van der Waals surface area contributed by atoms with Gasteiger partial charge in [-0.15, -0.1) is 0 Å². The molecule has 0 N–H and O–H groups in total. The highest BCUT2D eigenvalue weighted by atomic mass is 16.6. The van der Waals surface area contributed by atoms with Gasteiger partial charge in [0.25, 0.3) is 5.88 Å². The van der Waals surface area contributed by atoms with Gasteiger partial charge in [0.1, 0.15) is 18.6 Å². The summed E-state index contributed by atoms with van der Waals surface area (Å²) in [5, 5.41) is 11.3. The first-order valence-electron chi connectivity index (χ1n) is 6.58. The van der Waals surface area contributed by atoms with Crippen molar-refractivity contribution >= 4 is 11.8 Å². The maximum atomic E-state index is 11.3. The number of aromatic nitrogens is 2. The van der Waals surface area contributed by atoms with E-state index in [9.17, 15) is 10.1 Å². The van der Waals surface area contributed by atoms with Crippen LogP contribution in [0.2, 0.25) is 0 Å². The molecule has 114 valence electrons. The fourth-order valence-electron chi connectivity index (χ4n) is 1.72. The van der Waals surface area contributed by atoms with E-state index in [1.54, 1.807) is 17.2 Å². The van der Waals surface area contributed by atoms with E-state index in [1.165, 1.54) is 6.33 Å². The van der Waals surface area contributed by atoms with Gasteiger partial charge in [0, 0.05) is 20.3 Å². The summed E-state index contributed by atoms with van der Waals surface area (Å²) in [6, 6.07) is 9.39. The van der Waals surface area contributed by atoms with Crippen molar-refractivity contribution in [2.24, 2.45) is 0 Å². The van der Waals surface area contributed by atoms with Gasteiger partial charge in [0.05, 0.1) is 4.92 Å². The van der Waals surface area contributed by atoms with Crippen molar-refractivity contribution in [2.75, 3.05) is 14.1 Å². The normalized spacial score (nSPS) is 10.6. The molecular formula is C15H16N4O3. The fourth-order valence-corrected chi connectivity index (χ4v) is 1.72. The second-order valence-corrected chi connectivity index (χ2v) is 4.72. The SMILES string of the molecule is CN(C)C=Cc1ncnc(OCc2ccccc2)c1[N+](=O)[O-]. The molecule has 22 heavy (non-hydrogen) atoms. The summed E-state index contributed by atoms with van der Waals surface area (Å²) < 4.78 is 5.49. The second-order valence-electron chi connectivity index (χ2n) is 4.72. The summed E-state index contributed by atoms with van der Waals surface area (Å²) in [6.07, 6.45) is 4.48. The lowest BCUT2D eigenvalue weighted by molar-refractivity contribution is -0.386. The average molecular weight is 300 g/mol. The summed E-state index contributed by atoms with van der Waals surface area (Å²) in [4.78, 5) is 20.3. The van der Waals surface area contributed by atoms with Crippen LogP contribution in [0, 0.1) is 10.1 Å². The Bertz CT molecular complexity index is 672. The third kappa shape index (κ3) is 4.02. The van der Waals surface area contributed by atoms with Crippen LogP contribution in [0.5, 0.6) is 5.88 Å². The maximum absolute atomic E-state index is 11.3. The minimum Gasteiger partial charge on any atom is -0.468 e. The molecule has 1 aromatic carbocycles. The molecule has 7 heteroatoms. The van der Waals surface area contributed by atoms with Gasteiger partial charge < -0.3 is 9.64 Å². The third-order valence-corrected chi connectivity index (χ3v) is 2.75. The van der Waals surface area contributed by atoms with E-state index in [1.807, 2.05) is 44.4 Å². The molecule has 7 nitrogen and oxygen atoms in total. The predicted octanol–water partition coefficient (Wildman–Crippen LogP) is 2.50. The molecule has 0 aliphatic heterocycles. The van der Waals surface area contributed by atoms with E-state index in [-0.39, 0.29) is 23.9 Å². The number of benzene rings is 1. The Balaban J connectivity index is 2.27. The Kier molecular flexibility index (Phi) is 5.02. The van der Waals surface area contributed by atoms with Crippen molar-refractivity contribution in [1.29, 1.82) is 0 Å². The molecule has 0 atom stereocenters. The average Bonchev–Trinajstić information content (AvgIpc) is 2.51. The van der Waals surface area contributed by atoms with Crippen molar-refractivity contribution in [1.82, 2.24) is 14.9 Å². The van der Waals surface area contributed by atoms with E-state index in [0.29, 0.717) is 0 Å².